The van der Waals surface area contributed by atoms with Crippen LogP contribution in [0.25, 0.3) is 0 Å². The summed E-state index contributed by atoms with van der Waals surface area (Å²) in [6, 6.07) is 3.45. The first-order valence-corrected chi connectivity index (χ1v) is 5.04. The minimum atomic E-state index is -1.09. The monoisotopic (exact) mass is 224 g/mol. The summed E-state index contributed by atoms with van der Waals surface area (Å²) in [6.45, 7) is 3.24. The summed E-state index contributed by atoms with van der Waals surface area (Å²) in [4.78, 5) is 14.6. The molecule has 1 aromatic rings. The summed E-state index contributed by atoms with van der Waals surface area (Å²) in [5.41, 5.74) is 1.37. The molecule has 0 aromatic carbocycles. The summed E-state index contributed by atoms with van der Waals surface area (Å²) in [5, 5.41) is 21.7. The number of nitrogens with one attached hydrogen (secondary N) is 1. The molecule has 5 heteroatoms. The molecule has 2 atom stereocenters. The Kier molecular flexibility index (Phi) is 4.39. The van der Waals surface area contributed by atoms with E-state index in [-0.39, 0.29) is 12.5 Å². The fourth-order valence-electron chi connectivity index (χ4n) is 1.21. The molecule has 0 saturated heterocycles. The van der Waals surface area contributed by atoms with E-state index < -0.39 is 12.2 Å². The van der Waals surface area contributed by atoms with Gasteiger partial charge in [-0.2, -0.15) is 0 Å². The molecule has 16 heavy (non-hydrogen) atoms. The molecule has 0 spiro atoms. The van der Waals surface area contributed by atoms with Gasteiger partial charge in [0, 0.05) is 19.7 Å². The Morgan fingerprint density at radius 1 is 1.50 bits per heavy atom. The molecule has 88 valence electrons. The quantitative estimate of drug-likeness (QED) is 0.668. The number of amides is 1. The van der Waals surface area contributed by atoms with Crippen molar-refractivity contribution in [2.45, 2.75) is 26.1 Å². The van der Waals surface area contributed by atoms with Crippen molar-refractivity contribution in [1.29, 1.82) is 0 Å². The molecule has 0 saturated carbocycles. The molecule has 2 unspecified atom stereocenters. The lowest BCUT2D eigenvalue weighted by atomic mass is 10.1. The molecule has 0 bridgehead atoms. The van der Waals surface area contributed by atoms with E-state index in [1.807, 2.05) is 6.92 Å². The summed E-state index contributed by atoms with van der Waals surface area (Å²) in [5.74, 6) is -0.247. The Bertz CT molecular complexity index is 351. The highest BCUT2D eigenvalue weighted by Gasteiger charge is 2.19. The number of nitrogens with zero attached hydrogens (tertiary/aromatic N) is 1. The average molecular weight is 224 g/mol. The molecule has 5 nitrogen and oxygen atoms in total. The standard InChI is InChI=1S/C11H16N2O3/c1-7-3-4-9(13-5-7)11(16)10(15)6-12-8(2)14/h3-5,10-11,15-16H,6H2,1-2H3,(H,12,14). The van der Waals surface area contributed by atoms with Crippen molar-refractivity contribution in [2.24, 2.45) is 0 Å². The zero-order valence-electron chi connectivity index (χ0n) is 9.34. The number of hydrogen-bond acceptors (Lipinski definition) is 4. The number of pyridine rings is 1. The Morgan fingerprint density at radius 2 is 2.19 bits per heavy atom. The van der Waals surface area contributed by atoms with E-state index in [2.05, 4.69) is 10.3 Å². The molecular formula is C11H16N2O3. The van der Waals surface area contributed by atoms with Crippen molar-refractivity contribution in [1.82, 2.24) is 10.3 Å². The molecule has 1 heterocycles. The van der Waals surface area contributed by atoms with Gasteiger partial charge < -0.3 is 15.5 Å². The first-order chi connectivity index (χ1) is 7.50. The fourth-order valence-corrected chi connectivity index (χ4v) is 1.21. The van der Waals surface area contributed by atoms with Gasteiger partial charge >= 0.3 is 0 Å². The maximum atomic E-state index is 10.6. The smallest absolute Gasteiger partial charge is 0.216 e. The predicted molar refractivity (Wildman–Crippen MR) is 58.6 cm³/mol. The third-order valence-electron chi connectivity index (χ3n) is 2.16. The van der Waals surface area contributed by atoms with Gasteiger partial charge in [0.05, 0.1) is 5.69 Å². The number of aromatic nitrogens is 1. The number of carbonyl (C=O) groups is 1. The summed E-state index contributed by atoms with van der Waals surface area (Å²) in [6.07, 6.45) is -0.532. The first-order valence-electron chi connectivity index (χ1n) is 5.04. The van der Waals surface area contributed by atoms with Crippen molar-refractivity contribution < 1.29 is 15.0 Å². The molecular weight excluding hydrogens is 208 g/mol. The lowest BCUT2D eigenvalue weighted by molar-refractivity contribution is -0.119. The molecule has 1 aromatic heterocycles. The number of rotatable bonds is 4. The highest BCUT2D eigenvalue weighted by atomic mass is 16.3. The van der Waals surface area contributed by atoms with Crippen LogP contribution in [0.15, 0.2) is 18.3 Å². The Morgan fingerprint density at radius 3 is 2.69 bits per heavy atom. The van der Waals surface area contributed by atoms with Gasteiger partial charge in [-0.1, -0.05) is 6.07 Å². The molecule has 0 radical (unpaired) electrons. The van der Waals surface area contributed by atoms with E-state index in [0.29, 0.717) is 5.69 Å². The molecule has 0 aliphatic carbocycles. The van der Waals surface area contributed by atoms with Crippen LogP contribution in [0, 0.1) is 6.92 Å². The molecule has 1 amide bonds. The Balaban J connectivity index is 2.59. The topological polar surface area (TPSA) is 82.5 Å². The molecule has 0 aliphatic rings. The van der Waals surface area contributed by atoms with Crippen molar-refractivity contribution in [3.8, 4) is 0 Å². The van der Waals surface area contributed by atoms with E-state index in [1.165, 1.54) is 6.92 Å². The highest BCUT2D eigenvalue weighted by molar-refractivity contribution is 5.72. The van der Waals surface area contributed by atoms with Crippen molar-refractivity contribution in [3.05, 3.63) is 29.6 Å². The van der Waals surface area contributed by atoms with Crippen LogP contribution in [-0.4, -0.2) is 33.8 Å². The van der Waals surface area contributed by atoms with Gasteiger partial charge in [-0.05, 0) is 18.6 Å². The van der Waals surface area contributed by atoms with Gasteiger partial charge in [0.2, 0.25) is 5.91 Å². The molecule has 0 fully saturated rings. The zero-order valence-corrected chi connectivity index (χ0v) is 9.34. The summed E-state index contributed by atoms with van der Waals surface area (Å²) in [7, 11) is 0. The van der Waals surface area contributed by atoms with Crippen molar-refractivity contribution in [2.75, 3.05) is 6.54 Å². The third-order valence-corrected chi connectivity index (χ3v) is 2.16. The van der Waals surface area contributed by atoms with Crippen molar-refractivity contribution in [3.63, 3.8) is 0 Å². The first kappa shape index (κ1) is 12.6. The SMILES string of the molecule is CC(=O)NCC(O)C(O)c1ccc(C)cn1. The summed E-state index contributed by atoms with van der Waals surface area (Å²) >= 11 is 0. The number of aliphatic hydroxyl groups excluding tert-OH is 2. The van der Waals surface area contributed by atoms with E-state index in [1.54, 1.807) is 18.3 Å². The molecule has 0 aliphatic heterocycles. The third kappa shape index (κ3) is 3.60. The van der Waals surface area contributed by atoms with Crippen LogP contribution in [-0.2, 0) is 4.79 Å². The second kappa shape index (κ2) is 5.58. The second-order valence-electron chi connectivity index (χ2n) is 3.71. The maximum Gasteiger partial charge on any atom is 0.216 e. The minimum absolute atomic E-state index is 0.00601. The van der Waals surface area contributed by atoms with Crippen LogP contribution in [0.4, 0.5) is 0 Å². The predicted octanol–water partition coefficient (Wildman–Crippen LogP) is -0.0796. The van der Waals surface area contributed by atoms with E-state index in [0.717, 1.165) is 5.56 Å². The lowest BCUT2D eigenvalue weighted by Gasteiger charge is -2.17. The minimum Gasteiger partial charge on any atom is -0.388 e. The Labute approximate surface area is 94.1 Å². The number of aryl methyl sites for hydroxylation is 1. The van der Waals surface area contributed by atoms with Crippen LogP contribution in [0.5, 0.6) is 0 Å². The van der Waals surface area contributed by atoms with Gasteiger partial charge in [-0.3, -0.25) is 9.78 Å². The van der Waals surface area contributed by atoms with Gasteiger partial charge in [0.25, 0.3) is 0 Å². The molecule has 3 N–H and O–H groups in total. The van der Waals surface area contributed by atoms with Crippen LogP contribution in [0.2, 0.25) is 0 Å². The van der Waals surface area contributed by atoms with E-state index in [4.69, 9.17) is 0 Å². The van der Waals surface area contributed by atoms with Crippen LogP contribution < -0.4 is 5.32 Å². The van der Waals surface area contributed by atoms with Crippen LogP contribution >= 0.6 is 0 Å². The van der Waals surface area contributed by atoms with Gasteiger partial charge in [0.1, 0.15) is 12.2 Å². The van der Waals surface area contributed by atoms with Crippen molar-refractivity contribution >= 4 is 5.91 Å². The van der Waals surface area contributed by atoms with Gasteiger partial charge in [-0.25, -0.2) is 0 Å². The number of aliphatic hydroxyl groups is 2. The van der Waals surface area contributed by atoms with Gasteiger partial charge in [0.15, 0.2) is 0 Å². The second-order valence-corrected chi connectivity index (χ2v) is 3.71. The normalized spacial score (nSPS) is 14.2. The number of hydrogen-bond donors (Lipinski definition) is 3. The summed E-state index contributed by atoms with van der Waals surface area (Å²) < 4.78 is 0. The van der Waals surface area contributed by atoms with Gasteiger partial charge in [-0.15, -0.1) is 0 Å². The Hall–Kier alpha value is -1.46. The molecule has 1 rings (SSSR count). The highest BCUT2D eigenvalue weighted by Crippen LogP contribution is 2.14. The maximum absolute atomic E-state index is 10.6. The number of carbonyl (C=O) groups excluding carboxylic acids is 1. The fraction of sp³-hybridized carbons (Fsp3) is 0.455. The zero-order chi connectivity index (χ0) is 12.1. The van der Waals surface area contributed by atoms with E-state index in [9.17, 15) is 15.0 Å². The lowest BCUT2D eigenvalue weighted by Crippen LogP contribution is -2.34. The average Bonchev–Trinajstić information content (AvgIpc) is 2.26. The van der Waals surface area contributed by atoms with Crippen LogP contribution in [0.3, 0.4) is 0 Å². The largest absolute Gasteiger partial charge is 0.388 e. The van der Waals surface area contributed by atoms with E-state index >= 15 is 0 Å². The van der Waals surface area contributed by atoms with Crippen LogP contribution in [0.1, 0.15) is 24.3 Å².